The van der Waals surface area contributed by atoms with Gasteiger partial charge in [-0.05, 0) is 13.1 Å². The Balaban J connectivity index is 2.50. The highest BCUT2D eigenvalue weighted by molar-refractivity contribution is 7.15. The second-order valence-electron chi connectivity index (χ2n) is 2.50. The summed E-state index contributed by atoms with van der Waals surface area (Å²) in [4.78, 5) is 2.28. The van der Waals surface area contributed by atoms with E-state index in [1.165, 1.54) is 11.3 Å². The highest BCUT2D eigenvalue weighted by Gasteiger charge is 2.04. The van der Waals surface area contributed by atoms with E-state index in [2.05, 4.69) is 28.9 Å². The molecule has 0 saturated carbocycles. The maximum absolute atomic E-state index is 5.46. The second kappa shape index (κ2) is 4.37. The first kappa shape index (κ1) is 9.41. The van der Waals surface area contributed by atoms with Gasteiger partial charge in [-0.1, -0.05) is 25.2 Å². The van der Waals surface area contributed by atoms with E-state index < -0.39 is 0 Å². The number of rotatable bonds is 4. The summed E-state index contributed by atoms with van der Waals surface area (Å²) >= 11 is 1.46. The molecular weight excluding hydrogens is 172 g/mol. The molecular formula is C7H14N4S. The second-order valence-corrected chi connectivity index (χ2v) is 3.59. The molecule has 0 unspecified atom stereocenters. The van der Waals surface area contributed by atoms with Crippen LogP contribution in [0, 0.1) is 0 Å². The maximum Gasteiger partial charge on any atom is 0.203 e. The van der Waals surface area contributed by atoms with Crippen molar-refractivity contribution < 1.29 is 0 Å². The number of hydrogen-bond acceptors (Lipinski definition) is 5. The molecule has 2 N–H and O–H groups in total. The minimum atomic E-state index is 0.553. The average Bonchev–Trinajstić information content (AvgIpc) is 2.47. The molecule has 1 aromatic rings. The number of nitrogens with two attached hydrogens (primary N) is 1. The quantitative estimate of drug-likeness (QED) is 0.761. The van der Waals surface area contributed by atoms with Crippen LogP contribution in [0.4, 0.5) is 5.13 Å². The summed E-state index contributed by atoms with van der Waals surface area (Å²) in [6.45, 7) is 7.20. The molecule has 0 saturated heterocycles. The Kier molecular flexibility index (Phi) is 3.43. The molecule has 0 spiro atoms. The standard InChI is InChI=1S/C7H14N4S/c1-3-11(4-2)5-6-9-10-7(8)12-6/h3-5H2,1-2H3,(H2,8,10). The summed E-state index contributed by atoms with van der Waals surface area (Å²) in [6.07, 6.45) is 0. The molecule has 12 heavy (non-hydrogen) atoms. The molecule has 0 aliphatic rings. The van der Waals surface area contributed by atoms with Crippen molar-refractivity contribution in [3.05, 3.63) is 5.01 Å². The van der Waals surface area contributed by atoms with Crippen LogP contribution in [0.5, 0.6) is 0 Å². The third kappa shape index (κ3) is 2.42. The predicted molar refractivity (Wildman–Crippen MR) is 50.9 cm³/mol. The first-order chi connectivity index (χ1) is 5.76. The van der Waals surface area contributed by atoms with Crippen LogP contribution in [-0.2, 0) is 6.54 Å². The molecule has 0 aromatic carbocycles. The number of nitrogens with zero attached hydrogens (tertiary/aromatic N) is 3. The molecule has 0 atom stereocenters. The van der Waals surface area contributed by atoms with Gasteiger partial charge in [-0.3, -0.25) is 4.90 Å². The van der Waals surface area contributed by atoms with Gasteiger partial charge in [0.2, 0.25) is 5.13 Å². The monoisotopic (exact) mass is 186 g/mol. The van der Waals surface area contributed by atoms with Crippen molar-refractivity contribution in [1.29, 1.82) is 0 Å². The van der Waals surface area contributed by atoms with Gasteiger partial charge < -0.3 is 5.73 Å². The van der Waals surface area contributed by atoms with E-state index in [-0.39, 0.29) is 0 Å². The number of anilines is 1. The molecule has 0 radical (unpaired) electrons. The lowest BCUT2D eigenvalue weighted by Gasteiger charge is -2.14. The minimum Gasteiger partial charge on any atom is -0.374 e. The Bertz CT molecular complexity index is 231. The van der Waals surface area contributed by atoms with Crippen LogP contribution in [0.3, 0.4) is 0 Å². The minimum absolute atomic E-state index is 0.553. The number of aromatic nitrogens is 2. The van der Waals surface area contributed by atoms with Crippen molar-refractivity contribution >= 4 is 16.5 Å². The van der Waals surface area contributed by atoms with Crippen LogP contribution < -0.4 is 5.73 Å². The molecule has 1 heterocycles. The molecule has 1 rings (SSSR count). The normalized spacial score (nSPS) is 10.9. The summed E-state index contributed by atoms with van der Waals surface area (Å²) in [5.74, 6) is 0. The summed E-state index contributed by atoms with van der Waals surface area (Å²) in [7, 11) is 0. The van der Waals surface area contributed by atoms with Gasteiger partial charge in [-0.25, -0.2) is 0 Å². The van der Waals surface area contributed by atoms with Crippen molar-refractivity contribution in [2.45, 2.75) is 20.4 Å². The number of nitrogen functional groups attached to an aromatic ring is 1. The summed E-state index contributed by atoms with van der Waals surface area (Å²) < 4.78 is 0. The van der Waals surface area contributed by atoms with E-state index in [9.17, 15) is 0 Å². The van der Waals surface area contributed by atoms with Gasteiger partial charge in [0.05, 0.1) is 6.54 Å². The first-order valence-corrected chi connectivity index (χ1v) is 4.88. The van der Waals surface area contributed by atoms with E-state index in [0.717, 1.165) is 24.6 Å². The molecule has 0 amide bonds. The Hall–Kier alpha value is -0.680. The Morgan fingerprint density at radius 1 is 1.33 bits per heavy atom. The van der Waals surface area contributed by atoms with E-state index in [1.807, 2.05) is 0 Å². The maximum atomic E-state index is 5.46. The fourth-order valence-electron chi connectivity index (χ4n) is 0.969. The highest BCUT2D eigenvalue weighted by atomic mass is 32.1. The smallest absolute Gasteiger partial charge is 0.203 e. The molecule has 1 aromatic heterocycles. The van der Waals surface area contributed by atoms with Crippen LogP contribution in [0.1, 0.15) is 18.9 Å². The van der Waals surface area contributed by atoms with E-state index >= 15 is 0 Å². The van der Waals surface area contributed by atoms with E-state index in [4.69, 9.17) is 5.73 Å². The predicted octanol–water partition coefficient (Wildman–Crippen LogP) is 0.962. The fourth-order valence-corrected chi connectivity index (χ4v) is 1.62. The van der Waals surface area contributed by atoms with Crippen LogP contribution in [0.2, 0.25) is 0 Å². The van der Waals surface area contributed by atoms with Crippen molar-refractivity contribution in [3.8, 4) is 0 Å². The van der Waals surface area contributed by atoms with Gasteiger partial charge in [0.15, 0.2) is 0 Å². The largest absolute Gasteiger partial charge is 0.374 e. The van der Waals surface area contributed by atoms with Crippen LogP contribution >= 0.6 is 11.3 Å². The number of hydrogen-bond donors (Lipinski definition) is 1. The lowest BCUT2D eigenvalue weighted by atomic mass is 10.5. The SMILES string of the molecule is CCN(CC)Cc1nnc(N)s1. The lowest BCUT2D eigenvalue weighted by molar-refractivity contribution is 0.294. The fraction of sp³-hybridized carbons (Fsp3) is 0.714. The zero-order chi connectivity index (χ0) is 8.97. The molecule has 0 aliphatic heterocycles. The van der Waals surface area contributed by atoms with Crippen molar-refractivity contribution in [2.75, 3.05) is 18.8 Å². The topological polar surface area (TPSA) is 55.0 Å². The van der Waals surface area contributed by atoms with Crippen LogP contribution in [-0.4, -0.2) is 28.2 Å². The molecule has 0 aliphatic carbocycles. The van der Waals surface area contributed by atoms with Gasteiger partial charge in [0, 0.05) is 0 Å². The van der Waals surface area contributed by atoms with Gasteiger partial charge in [-0.15, -0.1) is 10.2 Å². The van der Waals surface area contributed by atoms with Crippen molar-refractivity contribution in [2.24, 2.45) is 0 Å². The molecule has 68 valence electrons. The van der Waals surface area contributed by atoms with Gasteiger partial charge in [0.1, 0.15) is 5.01 Å². The summed E-state index contributed by atoms with van der Waals surface area (Å²) in [6, 6.07) is 0. The van der Waals surface area contributed by atoms with E-state index in [1.54, 1.807) is 0 Å². The van der Waals surface area contributed by atoms with E-state index in [0.29, 0.717) is 5.13 Å². The lowest BCUT2D eigenvalue weighted by Crippen LogP contribution is -2.21. The third-order valence-electron chi connectivity index (χ3n) is 1.74. The zero-order valence-electron chi connectivity index (χ0n) is 7.45. The summed E-state index contributed by atoms with van der Waals surface area (Å²) in [5.41, 5.74) is 5.46. The Labute approximate surface area is 76.4 Å². The van der Waals surface area contributed by atoms with Crippen LogP contribution in [0.15, 0.2) is 0 Å². The molecule has 0 bridgehead atoms. The zero-order valence-corrected chi connectivity index (χ0v) is 8.27. The third-order valence-corrected chi connectivity index (χ3v) is 2.47. The van der Waals surface area contributed by atoms with Gasteiger partial charge in [0.25, 0.3) is 0 Å². The van der Waals surface area contributed by atoms with Crippen LogP contribution in [0.25, 0.3) is 0 Å². The average molecular weight is 186 g/mol. The molecule has 4 nitrogen and oxygen atoms in total. The Morgan fingerprint density at radius 2 is 2.00 bits per heavy atom. The molecule has 5 heteroatoms. The summed E-state index contributed by atoms with van der Waals surface area (Å²) in [5, 5.41) is 9.26. The van der Waals surface area contributed by atoms with Crippen molar-refractivity contribution in [3.63, 3.8) is 0 Å². The molecule has 0 fully saturated rings. The first-order valence-electron chi connectivity index (χ1n) is 4.06. The highest BCUT2D eigenvalue weighted by Crippen LogP contribution is 2.12. The van der Waals surface area contributed by atoms with Gasteiger partial charge in [-0.2, -0.15) is 0 Å². The van der Waals surface area contributed by atoms with Crippen molar-refractivity contribution in [1.82, 2.24) is 15.1 Å². The van der Waals surface area contributed by atoms with Gasteiger partial charge >= 0.3 is 0 Å². The Morgan fingerprint density at radius 3 is 2.42 bits per heavy atom.